The summed E-state index contributed by atoms with van der Waals surface area (Å²) < 4.78 is 64.8. The maximum atomic E-state index is 15.6. The average Bonchev–Trinajstić information content (AvgIpc) is 4.17. The topological polar surface area (TPSA) is 222 Å². The van der Waals surface area contributed by atoms with Gasteiger partial charge in [-0.05, 0) is 133 Å². The third-order valence-corrected chi connectivity index (χ3v) is 15.3. The van der Waals surface area contributed by atoms with Gasteiger partial charge in [-0.2, -0.15) is 0 Å². The summed E-state index contributed by atoms with van der Waals surface area (Å²) in [4.78, 5) is 114. The lowest BCUT2D eigenvalue weighted by molar-refractivity contribution is -0.175. The van der Waals surface area contributed by atoms with Crippen molar-refractivity contribution in [3.05, 3.63) is 70.8 Å². The van der Waals surface area contributed by atoms with Gasteiger partial charge in [-0.15, -0.1) is 0 Å². The van der Waals surface area contributed by atoms with Crippen LogP contribution in [0.2, 0.25) is 0 Å². The number of halogens is 2. The van der Waals surface area contributed by atoms with E-state index in [9.17, 15) is 43.5 Å². The third kappa shape index (κ3) is 18.8. The Kier molecular flexibility index (Phi) is 22.8. The second kappa shape index (κ2) is 28.1. The summed E-state index contributed by atoms with van der Waals surface area (Å²) in [5.41, 5.74) is -1.61. The standard InChI is InChI=1S/C60H85F2N3O15/c1-36(2)31-45(54(71)77-37(3)50(66)64(11)47(35-59(7,8)62)56(73)80-49(53(69)70)33-40-15-19-42(20-16-40)44-23-29-76-30-24-44)63(10)52(68)48(32-39-13-17-41(18-14-39)43-21-27-75-28-22-43)79-55(72)46(34-58(5,6)61)65(12)51(67)38(4)78-57(74)60(9)25-26-60/h13-20,36-38,43-49H,21-35H2,1-12H3,(H,69,70)/t37-,38-,45+,46+,47+,48-,49-/m1/s1. The molecular formula is C60H85F2N3O15. The molecule has 2 aliphatic heterocycles. The first kappa shape index (κ1) is 64.8. The van der Waals surface area contributed by atoms with Crippen LogP contribution < -0.4 is 0 Å². The first-order valence-corrected chi connectivity index (χ1v) is 27.9. The number of rotatable bonds is 27. The highest BCUT2D eigenvalue weighted by atomic mass is 19.1. The van der Waals surface area contributed by atoms with Crippen molar-refractivity contribution in [3.63, 3.8) is 0 Å². The van der Waals surface area contributed by atoms with Gasteiger partial charge in [-0.1, -0.05) is 62.4 Å². The molecule has 7 atom stereocenters. The van der Waals surface area contributed by atoms with Crippen LogP contribution in [0.3, 0.4) is 0 Å². The Morgan fingerprint density at radius 1 is 0.575 bits per heavy atom. The van der Waals surface area contributed by atoms with E-state index in [1.807, 2.05) is 24.3 Å². The molecule has 18 nitrogen and oxygen atoms in total. The van der Waals surface area contributed by atoms with Gasteiger partial charge in [0.2, 0.25) is 6.10 Å². The van der Waals surface area contributed by atoms with Gasteiger partial charge < -0.3 is 48.2 Å². The first-order chi connectivity index (χ1) is 37.4. The molecule has 3 amide bonds. The number of nitrogens with zero attached hydrogens (tertiary/aromatic N) is 3. The summed E-state index contributed by atoms with van der Waals surface area (Å²) in [6, 6.07) is 10.0. The maximum absolute atomic E-state index is 15.6. The van der Waals surface area contributed by atoms with Gasteiger partial charge in [-0.25, -0.2) is 28.0 Å². The van der Waals surface area contributed by atoms with Crippen LogP contribution in [-0.2, 0) is 79.6 Å². The van der Waals surface area contributed by atoms with E-state index in [0.29, 0.717) is 56.3 Å². The van der Waals surface area contributed by atoms with Gasteiger partial charge in [0.25, 0.3) is 17.7 Å². The molecule has 0 radical (unpaired) electrons. The van der Waals surface area contributed by atoms with Crippen LogP contribution in [0, 0.1) is 11.3 Å². The number of carbonyl (C=O) groups excluding carboxylic acids is 7. The smallest absolute Gasteiger partial charge is 0.345 e. The molecule has 0 aromatic heterocycles. The molecule has 0 spiro atoms. The van der Waals surface area contributed by atoms with E-state index in [-0.39, 0.29) is 31.1 Å². The van der Waals surface area contributed by atoms with Crippen LogP contribution in [0.25, 0.3) is 0 Å². The van der Waals surface area contributed by atoms with E-state index >= 15 is 8.78 Å². The first-order valence-electron chi connectivity index (χ1n) is 27.9. The van der Waals surface area contributed by atoms with E-state index < -0.39 is 120 Å². The quantitative estimate of drug-likeness (QED) is 0.0671. The Morgan fingerprint density at radius 2 is 0.938 bits per heavy atom. The minimum absolute atomic E-state index is 0.0241. The molecule has 3 aliphatic rings. The van der Waals surface area contributed by atoms with Crippen molar-refractivity contribution < 1.29 is 80.7 Å². The Hall–Kier alpha value is -6.02. The minimum atomic E-state index is -2.08. The van der Waals surface area contributed by atoms with E-state index in [0.717, 1.165) is 51.5 Å². The molecule has 3 fully saturated rings. The molecule has 1 N–H and O–H groups in total. The van der Waals surface area contributed by atoms with Crippen LogP contribution in [0.15, 0.2) is 48.5 Å². The fourth-order valence-electron chi connectivity index (χ4n) is 9.98. The molecule has 2 saturated heterocycles. The summed E-state index contributed by atoms with van der Waals surface area (Å²) in [6.07, 6.45) is -3.52. The van der Waals surface area contributed by atoms with E-state index in [1.54, 1.807) is 45.0 Å². The number of carboxylic acids is 1. The SMILES string of the molecule is CC(C)C[C@@H](C(=O)O[C@H](C)C(=O)N(C)[C@@H](CC(C)(C)F)C(=O)O[C@H](Cc1ccc(C2CCOCC2)cc1)C(=O)O)N(C)C(=O)[C@@H](Cc1ccc(C2CCOCC2)cc1)OC(=O)[C@H](CC(C)(C)F)N(C)C(=O)[C@@H](C)OC(=O)C1(C)CC1. The highest BCUT2D eigenvalue weighted by molar-refractivity contribution is 5.93. The van der Waals surface area contributed by atoms with Gasteiger partial charge in [-0.3, -0.25) is 19.2 Å². The summed E-state index contributed by atoms with van der Waals surface area (Å²) in [5.74, 6) is -7.85. The van der Waals surface area contributed by atoms with Gasteiger partial charge in [0.05, 0.1) is 5.41 Å². The van der Waals surface area contributed by atoms with Gasteiger partial charge >= 0.3 is 29.8 Å². The highest BCUT2D eigenvalue weighted by Gasteiger charge is 2.48. The number of likely N-dealkylation sites (N-methyl/N-ethyl adjacent to an activating group) is 3. The number of alkyl halides is 2. The zero-order chi connectivity index (χ0) is 59.4. The number of carboxylic acid groups (broad SMARTS) is 1. The van der Waals surface area contributed by atoms with Crippen LogP contribution in [0.5, 0.6) is 0 Å². The molecule has 20 heteroatoms. The summed E-state index contributed by atoms with van der Waals surface area (Å²) in [5, 5.41) is 10.2. The van der Waals surface area contributed by atoms with Crippen molar-refractivity contribution in [2.75, 3.05) is 47.6 Å². The molecule has 2 aromatic rings. The molecule has 1 saturated carbocycles. The molecule has 2 heterocycles. The molecular weight excluding hydrogens is 1040 g/mol. The molecule has 5 rings (SSSR count). The summed E-state index contributed by atoms with van der Waals surface area (Å²) in [7, 11) is 3.73. The summed E-state index contributed by atoms with van der Waals surface area (Å²) in [6.45, 7) is 15.1. The Morgan fingerprint density at radius 3 is 1.31 bits per heavy atom. The Labute approximate surface area is 469 Å². The normalized spacial score (nSPS) is 18.5. The number of esters is 4. The van der Waals surface area contributed by atoms with Crippen molar-refractivity contribution in [1.29, 1.82) is 0 Å². The van der Waals surface area contributed by atoms with E-state index in [4.69, 9.17) is 28.4 Å². The largest absolute Gasteiger partial charge is 0.478 e. The molecule has 2 aromatic carbocycles. The zero-order valence-electron chi connectivity index (χ0n) is 48.8. The lowest BCUT2D eigenvalue weighted by Crippen LogP contribution is -2.54. The number of amides is 3. The zero-order valence-corrected chi connectivity index (χ0v) is 48.8. The number of aliphatic carboxylic acids is 1. The Bertz CT molecular complexity index is 2460. The number of carbonyl (C=O) groups is 8. The van der Waals surface area contributed by atoms with Crippen LogP contribution in [0.1, 0.15) is 154 Å². The van der Waals surface area contributed by atoms with Crippen LogP contribution in [-0.4, -0.2) is 169 Å². The maximum Gasteiger partial charge on any atom is 0.345 e. The van der Waals surface area contributed by atoms with Crippen LogP contribution >= 0.6 is 0 Å². The monoisotopic (exact) mass is 1130 g/mol. The fourth-order valence-corrected chi connectivity index (χ4v) is 9.98. The van der Waals surface area contributed by atoms with Gasteiger partial charge in [0.1, 0.15) is 29.5 Å². The number of benzene rings is 2. The summed E-state index contributed by atoms with van der Waals surface area (Å²) >= 11 is 0. The Balaban J connectivity index is 1.36. The molecule has 0 bridgehead atoms. The van der Waals surface area contributed by atoms with Crippen molar-refractivity contribution in [3.8, 4) is 0 Å². The van der Waals surface area contributed by atoms with E-state index in [2.05, 4.69) is 0 Å². The predicted molar refractivity (Wildman–Crippen MR) is 290 cm³/mol. The minimum Gasteiger partial charge on any atom is -0.478 e. The molecule has 1 aliphatic carbocycles. The highest BCUT2D eigenvalue weighted by Crippen LogP contribution is 2.46. The fraction of sp³-hybridized carbons (Fsp3) is 0.667. The van der Waals surface area contributed by atoms with Crippen LogP contribution in [0.4, 0.5) is 8.78 Å². The van der Waals surface area contributed by atoms with Crippen molar-refractivity contribution in [2.45, 2.75) is 199 Å². The number of hydrogen-bond acceptors (Lipinski definition) is 14. The van der Waals surface area contributed by atoms with Gasteiger partial charge in [0, 0.05) is 73.3 Å². The van der Waals surface area contributed by atoms with Crippen molar-refractivity contribution >= 4 is 47.6 Å². The lowest BCUT2D eigenvalue weighted by Gasteiger charge is -2.35. The molecule has 0 unspecified atom stereocenters. The third-order valence-electron chi connectivity index (χ3n) is 15.3. The van der Waals surface area contributed by atoms with Gasteiger partial charge in [0.15, 0.2) is 18.3 Å². The number of ether oxygens (including phenoxy) is 6. The molecule has 444 valence electrons. The lowest BCUT2D eigenvalue weighted by atomic mass is 9.90. The predicted octanol–water partition coefficient (Wildman–Crippen LogP) is 7.64. The molecule has 80 heavy (non-hydrogen) atoms. The van der Waals surface area contributed by atoms with E-state index in [1.165, 1.54) is 62.7 Å². The second-order valence-electron chi connectivity index (χ2n) is 23.9. The van der Waals surface area contributed by atoms with Crippen molar-refractivity contribution in [1.82, 2.24) is 14.7 Å². The average molecular weight is 1130 g/mol. The number of hydrogen-bond donors (Lipinski definition) is 1. The second-order valence-corrected chi connectivity index (χ2v) is 23.9. The van der Waals surface area contributed by atoms with Crippen molar-refractivity contribution in [2.24, 2.45) is 11.3 Å².